The molecule has 5 nitrogen and oxygen atoms in total. The van der Waals surface area contributed by atoms with E-state index >= 15 is 0 Å². The van der Waals surface area contributed by atoms with Crippen molar-refractivity contribution in [3.63, 3.8) is 0 Å². The number of hydrogen-bond donors (Lipinski definition) is 0. The minimum absolute atomic E-state index is 0.0503. The van der Waals surface area contributed by atoms with Crippen LogP contribution in [-0.4, -0.2) is 22.6 Å². The molecule has 0 saturated carbocycles. The Kier molecular flexibility index (Phi) is 3.97. The fourth-order valence-corrected chi connectivity index (χ4v) is 3.08. The summed E-state index contributed by atoms with van der Waals surface area (Å²) in [4.78, 5) is 18.3. The highest BCUT2D eigenvalue weighted by molar-refractivity contribution is 6.30. The van der Waals surface area contributed by atoms with Gasteiger partial charge in [0.25, 0.3) is 5.89 Å². The number of rotatable bonds is 3. The van der Waals surface area contributed by atoms with Gasteiger partial charge in [-0.15, -0.1) is 0 Å². The van der Waals surface area contributed by atoms with Crippen LogP contribution in [0.2, 0.25) is 5.02 Å². The van der Waals surface area contributed by atoms with E-state index in [1.807, 2.05) is 6.07 Å². The van der Waals surface area contributed by atoms with E-state index in [-0.39, 0.29) is 24.1 Å². The molecule has 1 atom stereocenters. The molecule has 7 heteroatoms. The predicted molar refractivity (Wildman–Crippen MR) is 90.9 cm³/mol. The van der Waals surface area contributed by atoms with E-state index in [1.165, 1.54) is 12.1 Å². The number of carbonyl (C=O) groups excluding carboxylic acids is 1. The zero-order chi connectivity index (χ0) is 17.4. The summed E-state index contributed by atoms with van der Waals surface area (Å²) < 4.78 is 18.4. The van der Waals surface area contributed by atoms with E-state index in [4.69, 9.17) is 16.1 Å². The Morgan fingerprint density at radius 3 is 2.76 bits per heavy atom. The third-order valence-corrected chi connectivity index (χ3v) is 4.38. The fraction of sp³-hybridized carbons (Fsp3) is 0.167. The molecule has 126 valence electrons. The summed E-state index contributed by atoms with van der Waals surface area (Å²) in [5, 5.41) is 4.59. The Bertz CT molecular complexity index is 926. The predicted octanol–water partition coefficient (Wildman–Crippen LogP) is 4.05. The van der Waals surface area contributed by atoms with Crippen LogP contribution in [0.5, 0.6) is 0 Å². The molecule has 1 aliphatic rings. The lowest BCUT2D eigenvalue weighted by Gasteiger charge is -2.15. The summed E-state index contributed by atoms with van der Waals surface area (Å²) in [6, 6.07) is 13.0. The summed E-state index contributed by atoms with van der Waals surface area (Å²) in [6.07, 6.45) is 0.284. The smallest absolute Gasteiger partial charge is 0.257 e. The molecule has 2 aromatic carbocycles. The number of benzene rings is 2. The lowest BCUT2D eigenvalue weighted by Crippen LogP contribution is -2.24. The molecule has 0 aliphatic carbocycles. The molecule has 0 unspecified atom stereocenters. The molecule has 0 N–H and O–H groups in total. The molecule has 1 saturated heterocycles. The maximum absolute atomic E-state index is 13.1. The van der Waals surface area contributed by atoms with Crippen LogP contribution < -0.4 is 4.90 Å². The molecule has 0 radical (unpaired) electrons. The van der Waals surface area contributed by atoms with Crippen molar-refractivity contribution >= 4 is 23.2 Å². The van der Waals surface area contributed by atoms with Crippen molar-refractivity contribution in [2.45, 2.75) is 12.3 Å². The van der Waals surface area contributed by atoms with E-state index in [9.17, 15) is 9.18 Å². The molecule has 1 fully saturated rings. The Labute approximate surface area is 148 Å². The molecule has 3 aromatic rings. The lowest BCUT2D eigenvalue weighted by atomic mass is 10.1. The van der Waals surface area contributed by atoms with E-state index in [0.717, 1.165) is 5.56 Å². The first-order valence-corrected chi connectivity index (χ1v) is 8.13. The molecular formula is C18H13ClFN3O2. The van der Waals surface area contributed by atoms with Crippen LogP contribution in [0.15, 0.2) is 53.1 Å². The normalized spacial score (nSPS) is 17.3. The van der Waals surface area contributed by atoms with Crippen LogP contribution in [0.4, 0.5) is 10.1 Å². The van der Waals surface area contributed by atoms with Gasteiger partial charge in [0.1, 0.15) is 5.82 Å². The summed E-state index contributed by atoms with van der Waals surface area (Å²) in [5.74, 6) is 0.286. The van der Waals surface area contributed by atoms with Crippen molar-refractivity contribution in [1.29, 1.82) is 0 Å². The second kappa shape index (κ2) is 6.29. The zero-order valence-corrected chi connectivity index (χ0v) is 13.8. The van der Waals surface area contributed by atoms with Gasteiger partial charge in [-0.2, -0.15) is 4.98 Å². The van der Waals surface area contributed by atoms with E-state index in [2.05, 4.69) is 10.1 Å². The summed E-state index contributed by atoms with van der Waals surface area (Å²) in [7, 11) is 0. The minimum Gasteiger partial charge on any atom is -0.334 e. The lowest BCUT2D eigenvalue weighted by molar-refractivity contribution is -0.117. The Morgan fingerprint density at radius 2 is 2.00 bits per heavy atom. The Hall–Kier alpha value is -2.73. The van der Waals surface area contributed by atoms with Crippen LogP contribution in [0, 0.1) is 5.82 Å². The first-order chi connectivity index (χ1) is 12.1. The number of anilines is 1. The van der Waals surface area contributed by atoms with Crippen molar-refractivity contribution in [2.24, 2.45) is 0 Å². The fourth-order valence-electron chi connectivity index (χ4n) is 2.89. The van der Waals surface area contributed by atoms with Gasteiger partial charge in [-0.25, -0.2) is 4.39 Å². The van der Waals surface area contributed by atoms with Gasteiger partial charge >= 0.3 is 0 Å². The van der Waals surface area contributed by atoms with Crippen LogP contribution in [-0.2, 0) is 4.79 Å². The number of hydrogen-bond acceptors (Lipinski definition) is 4. The third-order valence-electron chi connectivity index (χ3n) is 4.14. The largest absolute Gasteiger partial charge is 0.334 e. The van der Waals surface area contributed by atoms with Gasteiger partial charge in [0, 0.05) is 35.2 Å². The molecular weight excluding hydrogens is 345 g/mol. The summed E-state index contributed by atoms with van der Waals surface area (Å²) in [5.41, 5.74) is 1.39. The first-order valence-electron chi connectivity index (χ1n) is 7.75. The molecule has 1 aliphatic heterocycles. The Morgan fingerprint density at radius 1 is 1.20 bits per heavy atom. The van der Waals surface area contributed by atoms with Crippen LogP contribution in [0.3, 0.4) is 0 Å². The number of carbonyl (C=O) groups is 1. The average molecular weight is 358 g/mol. The van der Waals surface area contributed by atoms with Crippen molar-refractivity contribution in [1.82, 2.24) is 10.1 Å². The van der Waals surface area contributed by atoms with Crippen LogP contribution >= 0.6 is 11.6 Å². The Balaban J connectivity index is 1.55. The topological polar surface area (TPSA) is 59.2 Å². The van der Waals surface area contributed by atoms with E-state index in [0.29, 0.717) is 29.0 Å². The van der Waals surface area contributed by atoms with Crippen molar-refractivity contribution in [3.05, 3.63) is 65.2 Å². The standard InChI is InChI=1S/C18H13ClFN3O2/c19-13-3-1-2-11(8-13)18-21-17(22-25-18)12-9-16(24)23(10-12)15-6-4-14(20)5-7-15/h1-8,12H,9-10H2/t12-/m0/s1. The molecule has 1 amide bonds. The molecule has 1 aromatic heterocycles. The average Bonchev–Trinajstić information content (AvgIpc) is 3.23. The zero-order valence-electron chi connectivity index (χ0n) is 13.0. The first kappa shape index (κ1) is 15.8. The second-order valence-electron chi connectivity index (χ2n) is 5.85. The van der Waals surface area contributed by atoms with Gasteiger partial charge in [0.05, 0.1) is 0 Å². The van der Waals surface area contributed by atoms with Crippen LogP contribution in [0.25, 0.3) is 11.5 Å². The number of halogens is 2. The van der Waals surface area contributed by atoms with Crippen molar-refractivity contribution in [3.8, 4) is 11.5 Å². The summed E-state index contributed by atoms with van der Waals surface area (Å²) in [6.45, 7) is 0.430. The van der Waals surface area contributed by atoms with Crippen LogP contribution in [0.1, 0.15) is 18.2 Å². The summed E-state index contributed by atoms with van der Waals surface area (Å²) >= 11 is 5.98. The van der Waals surface area contributed by atoms with Gasteiger partial charge in [0.2, 0.25) is 5.91 Å². The molecule has 4 rings (SSSR count). The van der Waals surface area contributed by atoms with Crippen molar-refractivity contribution in [2.75, 3.05) is 11.4 Å². The quantitative estimate of drug-likeness (QED) is 0.709. The highest BCUT2D eigenvalue weighted by atomic mass is 35.5. The van der Waals surface area contributed by atoms with Gasteiger partial charge in [-0.3, -0.25) is 4.79 Å². The molecule has 25 heavy (non-hydrogen) atoms. The maximum atomic E-state index is 13.1. The van der Waals surface area contributed by atoms with E-state index in [1.54, 1.807) is 35.2 Å². The third kappa shape index (κ3) is 3.13. The number of amides is 1. The van der Waals surface area contributed by atoms with E-state index < -0.39 is 0 Å². The number of aromatic nitrogens is 2. The maximum Gasteiger partial charge on any atom is 0.257 e. The van der Waals surface area contributed by atoms with Gasteiger partial charge in [-0.05, 0) is 42.5 Å². The highest BCUT2D eigenvalue weighted by Crippen LogP contribution is 2.31. The van der Waals surface area contributed by atoms with Gasteiger partial charge in [0.15, 0.2) is 5.82 Å². The molecule has 0 bridgehead atoms. The van der Waals surface area contributed by atoms with Gasteiger partial charge in [-0.1, -0.05) is 22.8 Å². The highest BCUT2D eigenvalue weighted by Gasteiger charge is 2.34. The van der Waals surface area contributed by atoms with Gasteiger partial charge < -0.3 is 9.42 Å². The molecule has 0 spiro atoms. The number of nitrogens with zero attached hydrogens (tertiary/aromatic N) is 3. The molecule has 2 heterocycles. The SMILES string of the molecule is O=C1C[C@H](c2noc(-c3cccc(Cl)c3)n2)CN1c1ccc(F)cc1. The van der Waals surface area contributed by atoms with Crippen molar-refractivity contribution < 1.29 is 13.7 Å². The second-order valence-corrected chi connectivity index (χ2v) is 6.29. The minimum atomic E-state index is -0.337. The monoisotopic (exact) mass is 357 g/mol.